The molecule has 0 heterocycles. The third-order valence-electron chi connectivity index (χ3n) is 4.68. The topological polar surface area (TPSA) is 49.4 Å². The van der Waals surface area contributed by atoms with Crippen LogP contribution in [0.1, 0.15) is 45.2 Å². The fourth-order valence-corrected chi connectivity index (χ4v) is 4.53. The van der Waals surface area contributed by atoms with Gasteiger partial charge >= 0.3 is 0 Å². The van der Waals surface area contributed by atoms with E-state index >= 15 is 0 Å². The number of benzene rings is 2. The lowest BCUT2D eigenvalue weighted by Crippen LogP contribution is -2.53. The highest BCUT2D eigenvalue weighted by Gasteiger charge is 2.31. The summed E-state index contributed by atoms with van der Waals surface area (Å²) in [4.78, 5) is 27.8. The summed E-state index contributed by atoms with van der Waals surface area (Å²) in [6, 6.07) is 10.7. The Morgan fingerprint density at radius 3 is 2.22 bits per heavy atom. The Morgan fingerprint density at radius 1 is 1.09 bits per heavy atom. The molecular formula is C24H29Cl2FN2O2S. The molecule has 1 N–H and O–H groups in total. The van der Waals surface area contributed by atoms with Crippen molar-refractivity contribution in [3.05, 3.63) is 69.5 Å². The molecule has 0 saturated carbocycles. The maximum absolute atomic E-state index is 13.3. The first-order chi connectivity index (χ1) is 15.0. The zero-order valence-corrected chi connectivity index (χ0v) is 21.1. The average Bonchev–Trinajstić information content (AvgIpc) is 2.70. The number of amides is 2. The van der Waals surface area contributed by atoms with Crippen LogP contribution in [0.15, 0.2) is 42.5 Å². The highest BCUT2D eigenvalue weighted by molar-refractivity contribution is 7.99. The van der Waals surface area contributed by atoms with Gasteiger partial charge in [-0.15, -0.1) is 11.8 Å². The third kappa shape index (κ3) is 7.98. The second kappa shape index (κ2) is 11.9. The van der Waals surface area contributed by atoms with Crippen molar-refractivity contribution >= 4 is 46.8 Å². The number of carbonyl (C=O) groups excluding carboxylic acids is 2. The fraction of sp³-hybridized carbons (Fsp3) is 0.417. The zero-order valence-electron chi connectivity index (χ0n) is 18.8. The molecule has 2 aromatic carbocycles. The Morgan fingerprint density at radius 2 is 1.69 bits per heavy atom. The molecule has 0 saturated heterocycles. The minimum atomic E-state index is -0.666. The Labute approximate surface area is 203 Å². The molecule has 174 valence electrons. The van der Waals surface area contributed by atoms with Crippen LogP contribution in [0.4, 0.5) is 4.39 Å². The number of thioether (sulfide) groups is 1. The van der Waals surface area contributed by atoms with Gasteiger partial charge in [0, 0.05) is 33.4 Å². The van der Waals surface area contributed by atoms with Gasteiger partial charge in [-0.05, 0) is 57.0 Å². The van der Waals surface area contributed by atoms with Gasteiger partial charge in [-0.1, -0.05) is 48.3 Å². The lowest BCUT2D eigenvalue weighted by Gasteiger charge is -2.33. The SMILES string of the molecule is CC[C@H](C(=O)NC(C)(C)C)N(Cc1c(Cl)cccc1Cl)C(=O)CSCc1ccc(F)cc1. The minimum Gasteiger partial charge on any atom is -0.350 e. The Kier molecular flexibility index (Phi) is 9.86. The number of hydrogen-bond donors (Lipinski definition) is 1. The fourth-order valence-electron chi connectivity index (χ4n) is 3.15. The van der Waals surface area contributed by atoms with Crippen LogP contribution in [0.5, 0.6) is 0 Å². The van der Waals surface area contributed by atoms with Crippen molar-refractivity contribution in [2.75, 3.05) is 5.75 Å². The van der Waals surface area contributed by atoms with E-state index in [0.29, 0.717) is 27.8 Å². The summed E-state index contributed by atoms with van der Waals surface area (Å²) in [6.45, 7) is 7.69. The predicted octanol–water partition coefficient (Wildman–Crippen LogP) is 6.09. The second-order valence-corrected chi connectivity index (χ2v) is 10.3. The molecule has 2 rings (SSSR count). The van der Waals surface area contributed by atoms with Crippen LogP contribution in [0.3, 0.4) is 0 Å². The van der Waals surface area contributed by atoms with E-state index < -0.39 is 11.6 Å². The zero-order chi connectivity index (χ0) is 23.9. The van der Waals surface area contributed by atoms with E-state index in [1.807, 2.05) is 27.7 Å². The molecule has 2 aromatic rings. The molecule has 0 aliphatic carbocycles. The highest BCUT2D eigenvalue weighted by atomic mass is 35.5. The van der Waals surface area contributed by atoms with Gasteiger partial charge in [-0.2, -0.15) is 0 Å². The number of hydrogen-bond acceptors (Lipinski definition) is 3. The molecule has 0 aliphatic heterocycles. The maximum Gasteiger partial charge on any atom is 0.243 e. The summed E-state index contributed by atoms with van der Waals surface area (Å²) in [6.07, 6.45) is 0.443. The second-order valence-electron chi connectivity index (χ2n) is 8.50. The standard InChI is InChI=1S/C24H29Cl2FN2O2S/c1-5-21(23(31)28-24(2,3)4)29(13-18-19(25)7-6-8-20(18)26)22(30)15-32-14-16-9-11-17(27)12-10-16/h6-12,21H,5,13-15H2,1-4H3,(H,28,31)/t21-/m1/s1. The molecule has 0 radical (unpaired) electrons. The smallest absolute Gasteiger partial charge is 0.243 e. The number of halogens is 3. The molecule has 0 spiro atoms. The minimum absolute atomic E-state index is 0.129. The van der Waals surface area contributed by atoms with Crippen LogP contribution >= 0.6 is 35.0 Å². The van der Waals surface area contributed by atoms with E-state index in [-0.39, 0.29) is 29.9 Å². The average molecular weight is 499 g/mol. The van der Waals surface area contributed by atoms with Crippen molar-refractivity contribution in [1.29, 1.82) is 0 Å². The summed E-state index contributed by atoms with van der Waals surface area (Å²) in [5.41, 5.74) is 1.09. The molecule has 32 heavy (non-hydrogen) atoms. The molecule has 0 aliphatic rings. The molecule has 1 atom stereocenters. The van der Waals surface area contributed by atoms with Crippen LogP contribution < -0.4 is 5.32 Å². The van der Waals surface area contributed by atoms with Gasteiger partial charge in [0.15, 0.2) is 0 Å². The molecule has 2 amide bonds. The lowest BCUT2D eigenvalue weighted by molar-refractivity contribution is -0.140. The van der Waals surface area contributed by atoms with Gasteiger partial charge < -0.3 is 10.2 Å². The summed E-state index contributed by atoms with van der Waals surface area (Å²) in [5, 5.41) is 3.86. The monoisotopic (exact) mass is 498 g/mol. The van der Waals surface area contributed by atoms with Gasteiger partial charge in [-0.25, -0.2) is 4.39 Å². The van der Waals surface area contributed by atoms with E-state index in [1.165, 1.54) is 23.9 Å². The Hall–Kier alpha value is -1.76. The maximum atomic E-state index is 13.3. The number of rotatable bonds is 9. The van der Waals surface area contributed by atoms with Crippen molar-refractivity contribution in [2.24, 2.45) is 0 Å². The lowest BCUT2D eigenvalue weighted by atomic mass is 10.1. The van der Waals surface area contributed by atoms with Crippen molar-refractivity contribution in [1.82, 2.24) is 10.2 Å². The van der Waals surface area contributed by atoms with Crippen molar-refractivity contribution in [3.8, 4) is 0 Å². The van der Waals surface area contributed by atoms with Crippen molar-refractivity contribution in [3.63, 3.8) is 0 Å². The normalized spacial score (nSPS) is 12.3. The first-order valence-electron chi connectivity index (χ1n) is 10.4. The predicted molar refractivity (Wildman–Crippen MR) is 132 cm³/mol. The van der Waals surface area contributed by atoms with E-state index in [0.717, 1.165) is 5.56 Å². The quantitative estimate of drug-likeness (QED) is 0.455. The van der Waals surface area contributed by atoms with E-state index in [9.17, 15) is 14.0 Å². The first kappa shape index (κ1) is 26.5. The molecule has 0 fully saturated rings. The molecule has 4 nitrogen and oxygen atoms in total. The van der Waals surface area contributed by atoms with Crippen molar-refractivity contribution in [2.45, 2.75) is 58.0 Å². The van der Waals surface area contributed by atoms with E-state index in [1.54, 1.807) is 35.2 Å². The molecule has 0 unspecified atom stereocenters. The van der Waals surface area contributed by atoms with Gasteiger partial charge in [0.25, 0.3) is 0 Å². The first-order valence-corrected chi connectivity index (χ1v) is 12.3. The largest absolute Gasteiger partial charge is 0.350 e. The van der Waals surface area contributed by atoms with E-state index in [2.05, 4.69) is 5.32 Å². The molecule has 8 heteroatoms. The number of nitrogens with one attached hydrogen (secondary N) is 1. The van der Waals surface area contributed by atoms with Gasteiger partial charge in [0.05, 0.1) is 5.75 Å². The summed E-state index contributed by atoms with van der Waals surface area (Å²) in [5.74, 6) is 0.00789. The van der Waals surface area contributed by atoms with Gasteiger partial charge in [-0.3, -0.25) is 9.59 Å². The van der Waals surface area contributed by atoms with Crippen molar-refractivity contribution < 1.29 is 14.0 Å². The van der Waals surface area contributed by atoms with Gasteiger partial charge in [0.1, 0.15) is 11.9 Å². The Balaban J connectivity index is 2.22. The van der Waals surface area contributed by atoms with Crippen LogP contribution in [0.2, 0.25) is 10.0 Å². The van der Waals surface area contributed by atoms with Gasteiger partial charge in [0.2, 0.25) is 11.8 Å². The van der Waals surface area contributed by atoms with Crippen LogP contribution in [0.25, 0.3) is 0 Å². The molecular weight excluding hydrogens is 470 g/mol. The summed E-state index contributed by atoms with van der Waals surface area (Å²) < 4.78 is 13.1. The highest BCUT2D eigenvalue weighted by Crippen LogP contribution is 2.27. The Bertz CT molecular complexity index is 912. The molecule has 0 bridgehead atoms. The van der Waals surface area contributed by atoms with Crippen LogP contribution in [0, 0.1) is 5.82 Å². The van der Waals surface area contributed by atoms with E-state index in [4.69, 9.17) is 23.2 Å². The summed E-state index contributed by atoms with van der Waals surface area (Å²) in [7, 11) is 0. The summed E-state index contributed by atoms with van der Waals surface area (Å²) >= 11 is 14.1. The molecule has 0 aromatic heterocycles. The van der Waals surface area contributed by atoms with Crippen LogP contribution in [-0.2, 0) is 21.9 Å². The number of nitrogens with zero attached hydrogens (tertiary/aromatic N) is 1. The number of carbonyl (C=O) groups is 2. The third-order valence-corrected chi connectivity index (χ3v) is 6.38. The van der Waals surface area contributed by atoms with Crippen LogP contribution in [-0.4, -0.2) is 34.0 Å².